The van der Waals surface area contributed by atoms with E-state index in [9.17, 15) is 4.39 Å². The van der Waals surface area contributed by atoms with E-state index in [0.717, 1.165) is 24.8 Å². The molecular weight excluding hydrogens is 237 g/mol. The van der Waals surface area contributed by atoms with Crippen LogP contribution in [0.5, 0.6) is 0 Å². The molecule has 2 aliphatic rings. The summed E-state index contributed by atoms with van der Waals surface area (Å²) < 4.78 is 13.4. The summed E-state index contributed by atoms with van der Waals surface area (Å²) in [5, 5.41) is 3.33. The topological polar surface area (TPSA) is 12.0 Å². The second kappa shape index (κ2) is 5.04. The van der Waals surface area contributed by atoms with Crippen LogP contribution in [-0.2, 0) is 6.42 Å². The predicted octanol–water partition coefficient (Wildman–Crippen LogP) is 3.98. The van der Waals surface area contributed by atoms with Crippen molar-refractivity contribution >= 4 is 5.57 Å². The van der Waals surface area contributed by atoms with Gasteiger partial charge in [0, 0.05) is 12.2 Å². The number of dihydropyridines is 1. The molecule has 1 aliphatic carbocycles. The first-order chi connectivity index (χ1) is 9.24. The van der Waals surface area contributed by atoms with Gasteiger partial charge in [-0.1, -0.05) is 24.3 Å². The van der Waals surface area contributed by atoms with Crippen LogP contribution in [0.15, 0.2) is 48.2 Å². The lowest BCUT2D eigenvalue weighted by molar-refractivity contribution is 0.624. The van der Waals surface area contributed by atoms with Gasteiger partial charge in [0.05, 0.1) is 0 Å². The molecule has 1 atom stereocenters. The zero-order valence-corrected chi connectivity index (χ0v) is 11.1. The minimum atomic E-state index is -0.139. The van der Waals surface area contributed by atoms with Crippen LogP contribution in [0.4, 0.5) is 4.39 Å². The number of nitrogens with one attached hydrogen (secondary N) is 1. The van der Waals surface area contributed by atoms with Gasteiger partial charge in [-0.25, -0.2) is 4.39 Å². The van der Waals surface area contributed by atoms with E-state index >= 15 is 0 Å². The molecule has 0 aromatic heterocycles. The third-order valence-electron chi connectivity index (χ3n) is 3.73. The number of fused-ring (bicyclic) bond motifs is 1. The summed E-state index contributed by atoms with van der Waals surface area (Å²) in [6.45, 7) is 2.12. The highest BCUT2D eigenvalue weighted by atomic mass is 19.1. The first-order valence-electron chi connectivity index (χ1n) is 6.88. The summed E-state index contributed by atoms with van der Waals surface area (Å²) in [5.41, 5.74) is 4.71. The van der Waals surface area contributed by atoms with Crippen molar-refractivity contribution in [2.75, 3.05) is 0 Å². The van der Waals surface area contributed by atoms with Crippen LogP contribution in [0.3, 0.4) is 0 Å². The number of rotatable bonds is 1. The van der Waals surface area contributed by atoms with Crippen LogP contribution in [0, 0.1) is 5.82 Å². The number of hydrogen-bond acceptors (Lipinski definition) is 1. The van der Waals surface area contributed by atoms with Gasteiger partial charge in [0.25, 0.3) is 0 Å². The Morgan fingerprint density at radius 1 is 1.32 bits per heavy atom. The van der Waals surface area contributed by atoms with E-state index in [-0.39, 0.29) is 5.82 Å². The molecule has 0 spiro atoms. The number of benzene rings is 1. The van der Waals surface area contributed by atoms with Crippen LogP contribution in [0.1, 0.15) is 30.9 Å². The molecule has 1 aromatic rings. The summed E-state index contributed by atoms with van der Waals surface area (Å²) >= 11 is 0. The van der Waals surface area contributed by atoms with Crippen molar-refractivity contribution in [3.63, 3.8) is 0 Å². The van der Waals surface area contributed by atoms with Gasteiger partial charge < -0.3 is 5.32 Å². The minimum Gasteiger partial charge on any atom is -0.384 e. The fourth-order valence-corrected chi connectivity index (χ4v) is 2.69. The molecule has 1 heterocycles. The Balaban J connectivity index is 2.03. The molecule has 0 radical (unpaired) electrons. The molecule has 1 aromatic carbocycles. The van der Waals surface area contributed by atoms with Gasteiger partial charge in [-0.15, -0.1) is 0 Å². The van der Waals surface area contributed by atoms with Crippen LogP contribution in [0.25, 0.3) is 5.57 Å². The van der Waals surface area contributed by atoms with Crippen molar-refractivity contribution in [1.29, 1.82) is 0 Å². The molecule has 1 unspecified atom stereocenters. The highest BCUT2D eigenvalue weighted by molar-refractivity contribution is 5.83. The van der Waals surface area contributed by atoms with E-state index in [1.807, 2.05) is 6.07 Å². The van der Waals surface area contributed by atoms with Gasteiger partial charge in [-0.2, -0.15) is 0 Å². The van der Waals surface area contributed by atoms with Crippen molar-refractivity contribution in [2.45, 2.75) is 32.2 Å². The molecule has 3 rings (SSSR count). The average Bonchev–Trinajstić information content (AvgIpc) is 2.61. The molecule has 0 bridgehead atoms. The molecule has 98 valence electrons. The highest BCUT2D eigenvalue weighted by Crippen LogP contribution is 2.32. The minimum absolute atomic E-state index is 0.139. The standard InChI is InChI=1S/C17H18FN/c1-12-6-7-14(11-19-12)16-5-3-2-4-13-10-15(18)8-9-17(13)16/h5-12,19H,2-4H2,1H3. The van der Waals surface area contributed by atoms with Crippen LogP contribution >= 0.6 is 0 Å². The van der Waals surface area contributed by atoms with Gasteiger partial charge in [0.1, 0.15) is 5.82 Å². The fraction of sp³-hybridized carbons (Fsp3) is 0.294. The second-order valence-electron chi connectivity index (χ2n) is 5.23. The van der Waals surface area contributed by atoms with Gasteiger partial charge in [-0.3, -0.25) is 0 Å². The number of halogens is 1. The molecule has 1 nitrogen and oxygen atoms in total. The molecule has 2 heteroatoms. The number of allylic oxidation sites excluding steroid dienone is 4. The van der Waals surface area contributed by atoms with E-state index in [2.05, 4.69) is 36.7 Å². The Bertz CT molecular complexity index is 581. The van der Waals surface area contributed by atoms with Gasteiger partial charge in [0.15, 0.2) is 0 Å². The summed E-state index contributed by atoms with van der Waals surface area (Å²) in [6, 6.07) is 5.52. The number of hydrogen-bond donors (Lipinski definition) is 1. The Labute approximate surface area is 113 Å². The molecular formula is C17H18FN. The molecule has 0 amide bonds. The Hall–Kier alpha value is -1.83. The quantitative estimate of drug-likeness (QED) is 0.800. The average molecular weight is 255 g/mol. The summed E-state index contributed by atoms with van der Waals surface area (Å²) in [5.74, 6) is -0.139. The first kappa shape index (κ1) is 12.2. The Morgan fingerprint density at radius 2 is 2.21 bits per heavy atom. The largest absolute Gasteiger partial charge is 0.384 e. The molecule has 0 saturated carbocycles. The van der Waals surface area contributed by atoms with E-state index in [4.69, 9.17) is 0 Å². The van der Waals surface area contributed by atoms with Crippen LogP contribution < -0.4 is 5.32 Å². The van der Waals surface area contributed by atoms with E-state index in [0.29, 0.717) is 6.04 Å². The van der Waals surface area contributed by atoms with E-state index < -0.39 is 0 Å². The normalized spacial score (nSPS) is 21.9. The van der Waals surface area contributed by atoms with Crippen molar-refractivity contribution < 1.29 is 4.39 Å². The fourth-order valence-electron chi connectivity index (χ4n) is 2.69. The monoisotopic (exact) mass is 255 g/mol. The molecule has 0 saturated heterocycles. The zero-order valence-electron chi connectivity index (χ0n) is 11.1. The smallest absolute Gasteiger partial charge is 0.123 e. The maximum Gasteiger partial charge on any atom is 0.123 e. The first-order valence-corrected chi connectivity index (χ1v) is 6.88. The van der Waals surface area contributed by atoms with Crippen molar-refractivity contribution in [3.05, 3.63) is 65.1 Å². The van der Waals surface area contributed by atoms with Crippen molar-refractivity contribution in [1.82, 2.24) is 5.32 Å². The van der Waals surface area contributed by atoms with Crippen LogP contribution in [-0.4, -0.2) is 6.04 Å². The molecule has 1 aliphatic heterocycles. The highest BCUT2D eigenvalue weighted by Gasteiger charge is 2.15. The maximum atomic E-state index is 13.4. The van der Waals surface area contributed by atoms with Gasteiger partial charge in [-0.05, 0) is 60.6 Å². The maximum absolute atomic E-state index is 13.4. The summed E-state index contributed by atoms with van der Waals surface area (Å²) in [6.07, 6.45) is 11.7. The van der Waals surface area contributed by atoms with E-state index in [1.54, 1.807) is 12.1 Å². The lowest BCUT2D eigenvalue weighted by atomic mass is 9.92. The molecule has 1 N–H and O–H groups in total. The van der Waals surface area contributed by atoms with Crippen LogP contribution in [0.2, 0.25) is 0 Å². The second-order valence-corrected chi connectivity index (χ2v) is 5.23. The van der Waals surface area contributed by atoms with Gasteiger partial charge >= 0.3 is 0 Å². The third-order valence-corrected chi connectivity index (χ3v) is 3.73. The Morgan fingerprint density at radius 3 is 3.00 bits per heavy atom. The van der Waals surface area contributed by atoms with Crippen molar-refractivity contribution in [3.8, 4) is 0 Å². The predicted molar refractivity (Wildman–Crippen MR) is 77.1 cm³/mol. The summed E-state index contributed by atoms with van der Waals surface area (Å²) in [4.78, 5) is 0. The van der Waals surface area contributed by atoms with Crippen molar-refractivity contribution in [2.24, 2.45) is 0 Å². The SMILES string of the molecule is CC1C=CC(C2=CCCCc3cc(F)ccc32)=CN1. The lowest BCUT2D eigenvalue weighted by Gasteiger charge is -2.18. The summed E-state index contributed by atoms with van der Waals surface area (Å²) in [7, 11) is 0. The Kier molecular flexibility index (Phi) is 3.24. The van der Waals surface area contributed by atoms with E-state index in [1.165, 1.54) is 16.7 Å². The molecule has 0 fully saturated rings. The number of aryl methyl sites for hydroxylation is 1. The third kappa shape index (κ3) is 2.48. The zero-order chi connectivity index (χ0) is 13.2. The lowest BCUT2D eigenvalue weighted by Crippen LogP contribution is -2.21. The molecule has 19 heavy (non-hydrogen) atoms. The van der Waals surface area contributed by atoms with Gasteiger partial charge in [0.2, 0.25) is 0 Å².